The van der Waals surface area contributed by atoms with Crippen LogP contribution >= 0.6 is 0 Å². The highest BCUT2D eigenvalue weighted by molar-refractivity contribution is 5.69. The second-order valence-electron chi connectivity index (χ2n) is 8.15. The van der Waals surface area contributed by atoms with Crippen molar-refractivity contribution in [3.05, 3.63) is 0 Å². The van der Waals surface area contributed by atoms with Crippen LogP contribution in [0, 0.1) is 5.92 Å². The maximum Gasteiger partial charge on any atom is 0.305 e. The van der Waals surface area contributed by atoms with Crippen molar-refractivity contribution < 1.29 is 9.53 Å². The van der Waals surface area contributed by atoms with E-state index in [1.807, 2.05) is 0 Å². The summed E-state index contributed by atoms with van der Waals surface area (Å²) in [5.74, 6) is 1.12. The van der Waals surface area contributed by atoms with Gasteiger partial charge in [-0.2, -0.15) is 0 Å². The standard InChI is InChI=1S/C23H44O2/c1-2-3-4-5-10-13-16-21-25-23(24)18-15-12-9-7-6-8-11-14-17-22-19-20-22/h22H,2-21H2,1H3. The Balaban J connectivity index is 1.69. The van der Waals surface area contributed by atoms with Crippen LogP contribution in [0.5, 0.6) is 0 Å². The van der Waals surface area contributed by atoms with Crippen molar-refractivity contribution in [1.82, 2.24) is 0 Å². The van der Waals surface area contributed by atoms with Gasteiger partial charge in [0.05, 0.1) is 6.61 Å². The summed E-state index contributed by atoms with van der Waals surface area (Å²) in [7, 11) is 0. The Hall–Kier alpha value is -0.530. The smallest absolute Gasteiger partial charge is 0.305 e. The monoisotopic (exact) mass is 352 g/mol. The first-order valence-electron chi connectivity index (χ1n) is 11.5. The fraction of sp³-hybridized carbons (Fsp3) is 0.957. The van der Waals surface area contributed by atoms with Crippen molar-refractivity contribution in [1.29, 1.82) is 0 Å². The second kappa shape index (κ2) is 16.9. The van der Waals surface area contributed by atoms with Crippen LogP contribution < -0.4 is 0 Å². The molecule has 0 aromatic rings. The van der Waals surface area contributed by atoms with Crippen molar-refractivity contribution in [3.8, 4) is 0 Å². The van der Waals surface area contributed by atoms with Crippen LogP contribution in [-0.2, 0) is 9.53 Å². The van der Waals surface area contributed by atoms with Crippen molar-refractivity contribution in [2.45, 2.75) is 129 Å². The molecule has 0 N–H and O–H groups in total. The van der Waals surface area contributed by atoms with Crippen LogP contribution in [0.25, 0.3) is 0 Å². The molecule has 0 atom stereocenters. The molecule has 1 fully saturated rings. The first kappa shape index (κ1) is 22.5. The van der Waals surface area contributed by atoms with Gasteiger partial charge in [-0.25, -0.2) is 0 Å². The zero-order valence-corrected chi connectivity index (χ0v) is 17.0. The SMILES string of the molecule is CCCCCCCCCOC(=O)CCCCCCCCCCC1CC1. The van der Waals surface area contributed by atoms with Gasteiger partial charge in [0.25, 0.3) is 0 Å². The summed E-state index contributed by atoms with van der Waals surface area (Å²) >= 11 is 0. The molecule has 0 heterocycles. The Bertz CT molecular complexity index is 296. The highest BCUT2D eigenvalue weighted by Crippen LogP contribution is 2.34. The molecule has 1 aliphatic carbocycles. The third-order valence-corrected chi connectivity index (χ3v) is 5.45. The highest BCUT2D eigenvalue weighted by Gasteiger charge is 2.19. The number of carbonyl (C=O) groups excluding carboxylic acids is 1. The van der Waals surface area contributed by atoms with Gasteiger partial charge in [0.2, 0.25) is 0 Å². The van der Waals surface area contributed by atoms with E-state index >= 15 is 0 Å². The molecule has 0 saturated heterocycles. The summed E-state index contributed by atoms with van der Waals surface area (Å²) in [5.41, 5.74) is 0. The maximum absolute atomic E-state index is 11.7. The molecule has 25 heavy (non-hydrogen) atoms. The number of rotatable bonds is 19. The average Bonchev–Trinajstić information content (AvgIpc) is 3.43. The molecule has 0 unspecified atom stereocenters. The molecule has 1 aliphatic rings. The van der Waals surface area contributed by atoms with Crippen LogP contribution in [0.2, 0.25) is 0 Å². The number of carbonyl (C=O) groups is 1. The zero-order valence-electron chi connectivity index (χ0n) is 17.0. The molecule has 2 nitrogen and oxygen atoms in total. The fourth-order valence-electron chi connectivity index (χ4n) is 3.49. The first-order valence-corrected chi connectivity index (χ1v) is 11.5. The number of esters is 1. The molecule has 1 rings (SSSR count). The van der Waals surface area contributed by atoms with Crippen molar-refractivity contribution in [2.75, 3.05) is 6.61 Å². The molecule has 1 saturated carbocycles. The lowest BCUT2D eigenvalue weighted by atomic mass is 10.1. The topological polar surface area (TPSA) is 26.3 Å². The van der Waals surface area contributed by atoms with Crippen molar-refractivity contribution in [3.63, 3.8) is 0 Å². The van der Waals surface area contributed by atoms with Gasteiger partial charge in [-0.3, -0.25) is 4.79 Å². The highest BCUT2D eigenvalue weighted by atomic mass is 16.5. The fourth-order valence-corrected chi connectivity index (χ4v) is 3.49. The van der Waals surface area contributed by atoms with Crippen molar-refractivity contribution in [2.24, 2.45) is 5.92 Å². The maximum atomic E-state index is 11.7. The van der Waals surface area contributed by atoms with E-state index in [0.29, 0.717) is 13.0 Å². The lowest BCUT2D eigenvalue weighted by Crippen LogP contribution is -2.05. The molecule has 0 spiro atoms. The molecule has 0 aromatic carbocycles. The third-order valence-electron chi connectivity index (χ3n) is 5.45. The Labute approximate surface area is 157 Å². The van der Waals surface area contributed by atoms with E-state index in [2.05, 4.69) is 6.92 Å². The van der Waals surface area contributed by atoms with Gasteiger partial charge in [0.1, 0.15) is 0 Å². The van der Waals surface area contributed by atoms with Gasteiger partial charge < -0.3 is 4.74 Å². The molecule has 0 aliphatic heterocycles. The van der Waals surface area contributed by atoms with Gasteiger partial charge in [-0.05, 0) is 18.8 Å². The van der Waals surface area contributed by atoms with E-state index in [4.69, 9.17) is 4.74 Å². The van der Waals surface area contributed by atoms with Crippen LogP contribution in [-0.4, -0.2) is 12.6 Å². The lowest BCUT2D eigenvalue weighted by molar-refractivity contribution is -0.143. The molecule has 0 aromatic heterocycles. The zero-order chi connectivity index (χ0) is 18.0. The molecule has 2 heteroatoms. The van der Waals surface area contributed by atoms with E-state index in [-0.39, 0.29) is 5.97 Å². The van der Waals surface area contributed by atoms with Crippen LogP contribution in [0.1, 0.15) is 129 Å². The quantitative estimate of drug-likeness (QED) is 0.177. The van der Waals surface area contributed by atoms with Crippen molar-refractivity contribution >= 4 is 5.97 Å². The largest absolute Gasteiger partial charge is 0.466 e. The summed E-state index contributed by atoms with van der Waals surface area (Å²) in [6, 6.07) is 0. The second-order valence-corrected chi connectivity index (χ2v) is 8.15. The number of ether oxygens (including phenoxy) is 1. The predicted octanol–water partition coefficient (Wildman–Crippen LogP) is 7.59. The third kappa shape index (κ3) is 16.7. The molecular formula is C23H44O2. The number of hydrogen-bond donors (Lipinski definition) is 0. The molecule has 0 bridgehead atoms. The summed E-state index contributed by atoms with van der Waals surface area (Å²) in [4.78, 5) is 11.7. The lowest BCUT2D eigenvalue weighted by Gasteiger charge is -2.05. The van der Waals surface area contributed by atoms with E-state index in [0.717, 1.165) is 18.8 Å². The number of hydrogen-bond acceptors (Lipinski definition) is 2. The van der Waals surface area contributed by atoms with Crippen LogP contribution in [0.15, 0.2) is 0 Å². The minimum Gasteiger partial charge on any atom is -0.466 e. The van der Waals surface area contributed by atoms with Gasteiger partial charge in [0.15, 0.2) is 0 Å². The Morgan fingerprint density at radius 2 is 1.24 bits per heavy atom. The minimum atomic E-state index is 0.0195. The number of unbranched alkanes of at least 4 members (excludes halogenated alkanes) is 13. The van der Waals surface area contributed by atoms with Crippen LogP contribution in [0.3, 0.4) is 0 Å². The Morgan fingerprint density at radius 3 is 1.84 bits per heavy atom. The van der Waals surface area contributed by atoms with E-state index in [9.17, 15) is 4.79 Å². The van der Waals surface area contributed by atoms with Gasteiger partial charge in [-0.15, -0.1) is 0 Å². The molecular weight excluding hydrogens is 308 g/mol. The average molecular weight is 353 g/mol. The van der Waals surface area contributed by atoms with Crippen LogP contribution in [0.4, 0.5) is 0 Å². The minimum absolute atomic E-state index is 0.0195. The van der Waals surface area contributed by atoms with Gasteiger partial charge in [-0.1, -0.05) is 110 Å². The van der Waals surface area contributed by atoms with E-state index < -0.39 is 0 Å². The van der Waals surface area contributed by atoms with E-state index in [1.165, 1.54) is 103 Å². The molecule has 0 amide bonds. The summed E-state index contributed by atoms with van der Waals surface area (Å²) in [6.07, 6.45) is 24.5. The molecule has 148 valence electrons. The van der Waals surface area contributed by atoms with E-state index in [1.54, 1.807) is 0 Å². The van der Waals surface area contributed by atoms with Gasteiger partial charge in [0, 0.05) is 6.42 Å². The predicted molar refractivity (Wildman–Crippen MR) is 108 cm³/mol. The summed E-state index contributed by atoms with van der Waals surface area (Å²) < 4.78 is 5.33. The first-order chi connectivity index (χ1) is 12.3. The van der Waals surface area contributed by atoms with Gasteiger partial charge >= 0.3 is 5.97 Å². The normalized spacial score (nSPS) is 14.0. The summed E-state index contributed by atoms with van der Waals surface area (Å²) in [6.45, 7) is 2.88. The summed E-state index contributed by atoms with van der Waals surface area (Å²) in [5, 5.41) is 0. The Morgan fingerprint density at radius 1 is 0.720 bits per heavy atom. The molecule has 0 radical (unpaired) electrons. The Kier molecular flexibility index (Phi) is 15.2.